The fourth-order valence-electron chi connectivity index (χ4n) is 4.42. The second kappa shape index (κ2) is 13.4. The Kier molecular flexibility index (Phi) is 9.67. The Morgan fingerprint density at radius 1 is 0.700 bits per heavy atom. The van der Waals surface area contributed by atoms with Crippen molar-refractivity contribution in [2.24, 2.45) is 0 Å². The molecule has 6 heteroatoms. The van der Waals surface area contributed by atoms with Crippen LogP contribution in [0.1, 0.15) is 43.0 Å². The first-order valence-electron chi connectivity index (χ1n) is 13.3. The number of hydrogen-bond donors (Lipinski definition) is 1. The number of alkyl carbamates (subject to hydrolysis) is 1. The minimum absolute atomic E-state index is 0.109. The van der Waals surface area contributed by atoms with Crippen LogP contribution in [0.15, 0.2) is 121 Å². The number of rotatable bonds is 10. The topological polar surface area (TPSA) is 64.6 Å². The van der Waals surface area contributed by atoms with Crippen LogP contribution in [0.3, 0.4) is 0 Å². The van der Waals surface area contributed by atoms with Crippen molar-refractivity contribution in [3.05, 3.63) is 144 Å². The van der Waals surface area contributed by atoms with Gasteiger partial charge < -0.3 is 14.8 Å². The van der Waals surface area contributed by atoms with Crippen molar-refractivity contribution in [3.63, 3.8) is 0 Å². The highest BCUT2D eigenvalue weighted by Crippen LogP contribution is 2.48. The molecule has 0 radical (unpaired) electrons. The van der Waals surface area contributed by atoms with E-state index in [0.717, 1.165) is 22.3 Å². The van der Waals surface area contributed by atoms with E-state index < -0.39 is 28.5 Å². The number of carbonyl (C=O) groups is 2. The molecular formula is C34H35NO4S. The largest absolute Gasteiger partial charge is 0.459 e. The molecule has 206 valence electrons. The average Bonchev–Trinajstić information content (AvgIpc) is 2.97. The van der Waals surface area contributed by atoms with E-state index in [2.05, 4.69) is 41.7 Å². The van der Waals surface area contributed by atoms with E-state index in [1.165, 1.54) is 0 Å². The highest BCUT2D eigenvalue weighted by molar-refractivity contribution is 8.00. The van der Waals surface area contributed by atoms with E-state index in [9.17, 15) is 9.59 Å². The molecule has 0 aliphatic rings. The second-order valence-corrected chi connectivity index (χ2v) is 11.6. The fraction of sp³-hybridized carbons (Fsp3) is 0.235. The van der Waals surface area contributed by atoms with Gasteiger partial charge in [0.05, 0.1) is 4.75 Å². The number of hydrogen-bond acceptors (Lipinski definition) is 5. The SMILES string of the molecule is CC(C)(C)OC(=O)NC(CSC(c1ccccc1)(c1ccccc1)c1ccccc1)C(=O)OCc1ccccc1. The van der Waals surface area contributed by atoms with Crippen LogP contribution in [0, 0.1) is 0 Å². The molecule has 0 aliphatic heterocycles. The number of carbonyl (C=O) groups excluding carboxylic acids is 2. The zero-order chi connectivity index (χ0) is 28.4. The Morgan fingerprint density at radius 3 is 1.55 bits per heavy atom. The Labute approximate surface area is 240 Å². The first-order chi connectivity index (χ1) is 19.3. The summed E-state index contributed by atoms with van der Waals surface area (Å²) in [6.45, 7) is 5.47. The number of amides is 1. The third kappa shape index (κ3) is 7.54. The van der Waals surface area contributed by atoms with Crippen molar-refractivity contribution in [3.8, 4) is 0 Å². The lowest BCUT2D eigenvalue weighted by Crippen LogP contribution is -2.46. The smallest absolute Gasteiger partial charge is 0.408 e. The molecule has 0 heterocycles. The van der Waals surface area contributed by atoms with Gasteiger partial charge in [-0.3, -0.25) is 0 Å². The summed E-state index contributed by atoms with van der Waals surface area (Å²) in [6, 6.07) is 39.2. The van der Waals surface area contributed by atoms with Crippen molar-refractivity contribution >= 4 is 23.8 Å². The predicted molar refractivity (Wildman–Crippen MR) is 161 cm³/mol. The third-order valence-electron chi connectivity index (χ3n) is 6.21. The van der Waals surface area contributed by atoms with Gasteiger partial charge in [0.2, 0.25) is 0 Å². The summed E-state index contributed by atoms with van der Waals surface area (Å²) >= 11 is 1.58. The molecular weight excluding hydrogens is 518 g/mol. The maximum absolute atomic E-state index is 13.4. The van der Waals surface area contributed by atoms with Crippen molar-refractivity contribution in [1.29, 1.82) is 0 Å². The Balaban J connectivity index is 1.69. The lowest BCUT2D eigenvalue weighted by molar-refractivity contribution is -0.146. The molecule has 0 aliphatic carbocycles. The molecule has 0 aromatic heterocycles. The fourth-order valence-corrected chi connectivity index (χ4v) is 5.97. The normalized spacial score (nSPS) is 12.3. The van der Waals surface area contributed by atoms with Gasteiger partial charge in [-0.15, -0.1) is 11.8 Å². The molecule has 40 heavy (non-hydrogen) atoms. The lowest BCUT2D eigenvalue weighted by atomic mass is 9.84. The summed E-state index contributed by atoms with van der Waals surface area (Å²) in [5.41, 5.74) is 3.34. The molecule has 0 saturated heterocycles. The van der Waals surface area contributed by atoms with Gasteiger partial charge >= 0.3 is 12.1 Å². The van der Waals surface area contributed by atoms with Gasteiger partial charge in [0.1, 0.15) is 18.2 Å². The second-order valence-electron chi connectivity index (χ2n) is 10.4. The van der Waals surface area contributed by atoms with Gasteiger partial charge in [-0.2, -0.15) is 0 Å². The van der Waals surface area contributed by atoms with E-state index in [4.69, 9.17) is 9.47 Å². The molecule has 0 spiro atoms. The van der Waals surface area contributed by atoms with E-state index >= 15 is 0 Å². The molecule has 4 aromatic carbocycles. The van der Waals surface area contributed by atoms with Gasteiger partial charge in [0.15, 0.2) is 0 Å². The quantitative estimate of drug-likeness (QED) is 0.164. The van der Waals surface area contributed by atoms with Crippen molar-refractivity contribution in [1.82, 2.24) is 5.32 Å². The van der Waals surface area contributed by atoms with E-state index in [1.807, 2.05) is 84.9 Å². The maximum Gasteiger partial charge on any atom is 0.408 e. The van der Waals surface area contributed by atoms with Gasteiger partial charge in [-0.25, -0.2) is 9.59 Å². The summed E-state index contributed by atoms with van der Waals surface area (Å²) in [4.78, 5) is 26.3. The highest BCUT2D eigenvalue weighted by Gasteiger charge is 2.39. The van der Waals surface area contributed by atoms with Crippen LogP contribution in [0.5, 0.6) is 0 Å². The summed E-state index contributed by atoms with van der Waals surface area (Å²) in [5.74, 6) is -0.281. The number of benzene rings is 4. The number of thioether (sulfide) groups is 1. The zero-order valence-electron chi connectivity index (χ0n) is 23.1. The van der Waals surface area contributed by atoms with Crippen LogP contribution in [0.4, 0.5) is 4.79 Å². The minimum atomic E-state index is -0.945. The molecule has 1 N–H and O–H groups in total. The molecule has 4 aromatic rings. The van der Waals surface area contributed by atoms with Gasteiger partial charge in [0.25, 0.3) is 0 Å². The van der Waals surface area contributed by atoms with Crippen molar-refractivity contribution in [2.45, 2.75) is 43.8 Å². The van der Waals surface area contributed by atoms with Gasteiger partial charge in [-0.1, -0.05) is 121 Å². The first kappa shape index (κ1) is 29.0. The van der Waals surface area contributed by atoms with Gasteiger partial charge in [-0.05, 0) is 43.0 Å². The first-order valence-corrected chi connectivity index (χ1v) is 14.3. The molecule has 1 atom stereocenters. The molecule has 4 rings (SSSR count). The predicted octanol–water partition coefficient (Wildman–Crippen LogP) is 7.35. The average molecular weight is 554 g/mol. The number of nitrogens with one attached hydrogen (secondary N) is 1. The van der Waals surface area contributed by atoms with Crippen LogP contribution in [0.2, 0.25) is 0 Å². The van der Waals surface area contributed by atoms with E-state index in [-0.39, 0.29) is 12.4 Å². The maximum atomic E-state index is 13.4. The summed E-state index contributed by atoms with van der Waals surface area (Å²) < 4.78 is 10.5. The highest BCUT2D eigenvalue weighted by atomic mass is 32.2. The Hall–Kier alpha value is -4.03. The molecule has 0 saturated carbocycles. The van der Waals surface area contributed by atoms with E-state index in [1.54, 1.807) is 32.5 Å². The molecule has 0 bridgehead atoms. The summed E-state index contributed by atoms with van der Waals surface area (Å²) in [5, 5.41) is 2.78. The van der Waals surface area contributed by atoms with Gasteiger partial charge in [0, 0.05) is 5.75 Å². The summed E-state index contributed by atoms with van der Waals surface area (Å²) in [7, 11) is 0. The van der Waals surface area contributed by atoms with Crippen LogP contribution in [-0.2, 0) is 25.6 Å². The number of esters is 1. The number of ether oxygens (including phenoxy) is 2. The monoisotopic (exact) mass is 553 g/mol. The van der Waals surface area contributed by atoms with Crippen molar-refractivity contribution in [2.75, 3.05) is 5.75 Å². The van der Waals surface area contributed by atoms with Crippen LogP contribution in [-0.4, -0.2) is 29.5 Å². The Morgan fingerprint density at radius 2 is 1.12 bits per heavy atom. The molecule has 0 fully saturated rings. The van der Waals surface area contributed by atoms with E-state index in [0.29, 0.717) is 0 Å². The van der Waals surface area contributed by atoms with Crippen LogP contribution < -0.4 is 5.32 Å². The zero-order valence-corrected chi connectivity index (χ0v) is 23.9. The minimum Gasteiger partial charge on any atom is -0.459 e. The molecule has 1 unspecified atom stereocenters. The van der Waals surface area contributed by atoms with Crippen LogP contribution >= 0.6 is 11.8 Å². The Bertz CT molecular complexity index is 1260. The van der Waals surface area contributed by atoms with Crippen LogP contribution in [0.25, 0.3) is 0 Å². The standard InChI is InChI=1S/C34H35NO4S/c1-33(2,3)39-32(37)35-30(31(36)38-24-26-16-8-4-9-17-26)25-40-34(27-18-10-5-11-19-27,28-20-12-6-13-21-28)29-22-14-7-15-23-29/h4-23,30H,24-25H2,1-3H3,(H,35,37). The third-order valence-corrected chi connectivity index (χ3v) is 7.85. The summed E-state index contributed by atoms with van der Waals surface area (Å²) in [6.07, 6.45) is -0.667. The van der Waals surface area contributed by atoms with Crippen molar-refractivity contribution < 1.29 is 19.1 Å². The molecule has 5 nitrogen and oxygen atoms in total. The lowest BCUT2D eigenvalue weighted by Gasteiger charge is -2.36. The molecule has 1 amide bonds.